The second-order valence-corrected chi connectivity index (χ2v) is 5.10. The number of rotatable bonds is 3. The molecule has 0 aliphatic heterocycles. The highest BCUT2D eigenvalue weighted by Gasteiger charge is 2.09. The maximum Gasteiger partial charge on any atom is 0.329 e. The van der Waals surface area contributed by atoms with Crippen LogP contribution in [0.4, 0.5) is 0 Å². The second kappa shape index (κ2) is 5.92. The minimum Gasteiger partial charge on any atom is -0.361 e. The topological polar surface area (TPSA) is 89.5 Å². The van der Waals surface area contributed by atoms with E-state index < -0.39 is 11.8 Å². The largest absolute Gasteiger partial charge is 0.361 e. The van der Waals surface area contributed by atoms with Crippen molar-refractivity contribution in [3.05, 3.63) is 48.0 Å². The summed E-state index contributed by atoms with van der Waals surface area (Å²) in [5.74, 6) is -2.01. The van der Waals surface area contributed by atoms with Crippen LogP contribution in [0.15, 0.2) is 47.6 Å². The number of hydrazone groups is 1. The van der Waals surface area contributed by atoms with Crippen molar-refractivity contribution < 1.29 is 9.59 Å². The monoisotopic (exact) mass is 308 g/mol. The van der Waals surface area contributed by atoms with Crippen LogP contribution in [0.2, 0.25) is 0 Å². The van der Waals surface area contributed by atoms with E-state index in [1.54, 1.807) is 0 Å². The number of nitrogens with two attached hydrogens (primary N) is 1. The van der Waals surface area contributed by atoms with Crippen molar-refractivity contribution in [2.75, 3.05) is 0 Å². The highest BCUT2D eigenvalue weighted by atomic mass is 16.2. The van der Waals surface area contributed by atoms with E-state index in [1.165, 1.54) is 17.1 Å². The zero-order chi connectivity index (χ0) is 16.4. The number of primary amides is 1. The molecule has 3 N–H and O–H groups in total. The lowest BCUT2D eigenvalue weighted by molar-refractivity contribution is -0.137. The number of nitrogens with one attached hydrogen (secondary N) is 1. The number of aromatic nitrogens is 1. The summed E-state index contributed by atoms with van der Waals surface area (Å²) in [7, 11) is 0. The number of aryl methyl sites for hydroxylation is 1. The van der Waals surface area contributed by atoms with Gasteiger partial charge in [-0.15, -0.1) is 0 Å². The molecule has 0 aliphatic carbocycles. The van der Waals surface area contributed by atoms with E-state index in [0.29, 0.717) is 0 Å². The van der Waals surface area contributed by atoms with Gasteiger partial charge in [-0.25, -0.2) is 5.43 Å². The Hall–Kier alpha value is -3.15. The van der Waals surface area contributed by atoms with Gasteiger partial charge in [0.25, 0.3) is 0 Å². The fourth-order valence-electron chi connectivity index (χ4n) is 2.71. The van der Waals surface area contributed by atoms with E-state index in [2.05, 4.69) is 34.2 Å². The third-order valence-corrected chi connectivity index (χ3v) is 3.72. The quantitative estimate of drug-likeness (QED) is 0.438. The zero-order valence-electron chi connectivity index (χ0n) is 12.6. The molecule has 23 heavy (non-hydrogen) atoms. The van der Waals surface area contributed by atoms with Gasteiger partial charge in [-0.3, -0.25) is 9.59 Å². The summed E-state index contributed by atoms with van der Waals surface area (Å²) in [4.78, 5) is 21.7. The first-order valence-electron chi connectivity index (χ1n) is 7.25. The van der Waals surface area contributed by atoms with Gasteiger partial charge >= 0.3 is 11.8 Å². The second-order valence-electron chi connectivity index (χ2n) is 5.10. The molecule has 116 valence electrons. The number of carbonyl (C=O) groups excluding carboxylic acids is 2. The molecule has 1 heterocycles. The summed E-state index contributed by atoms with van der Waals surface area (Å²) >= 11 is 0. The Morgan fingerprint density at radius 2 is 1.91 bits per heavy atom. The van der Waals surface area contributed by atoms with Gasteiger partial charge in [-0.1, -0.05) is 24.3 Å². The van der Waals surface area contributed by atoms with Crippen molar-refractivity contribution >= 4 is 39.8 Å². The van der Waals surface area contributed by atoms with Crippen LogP contribution < -0.4 is 11.2 Å². The lowest BCUT2D eigenvalue weighted by atomic mass is 10.1. The Kier molecular flexibility index (Phi) is 3.80. The van der Waals surface area contributed by atoms with Crippen molar-refractivity contribution in [3.8, 4) is 0 Å². The molecule has 2 amide bonds. The lowest BCUT2D eigenvalue weighted by Crippen LogP contribution is -2.32. The summed E-state index contributed by atoms with van der Waals surface area (Å²) in [6.45, 7) is 2.99. The molecule has 0 aliphatic rings. The van der Waals surface area contributed by atoms with Crippen molar-refractivity contribution in [1.82, 2.24) is 9.99 Å². The van der Waals surface area contributed by atoms with Crippen LogP contribution in [0, 0.1) is 0 Å². The Morgan fingerprint density at radius 3 is 2.65 bits per heavy atom. The molecule has 1 aromatic heterocycles. The predicted molar refractivity (Wildman–Crippen MR) is 90.0 cm³/mol. The van der Waals surface area contributed by atoms with Crippen molar-refractivity contribution in [2.24, 2.45) is 10.8 Å². The maximum atomic E-state index is 11.1. The van der Waals surface area contributed by atoms with E-state index in [1.807, 2.05) is 30.3 Å². The highest BCUT2D eigenvalue weighted by Crippen LogP contribution is 2.29. The first-order chi connectivity index (χ1) is 11.1. The predicted octanol–water partition coefficient (Wildman–Crippen LogP) is 1.75. The third kappa shape index (κ3) is 2.66. The Morgan fingerprint density at radius 1 is 1.17 bits per heavy atom. The number of benzene rings is 2. The van der Waals surface area contributed by atoms with E-state index in [0.717, 1.165) is 23.0 Å². The normalized spacial score (nSPS) is 11.3. The molecular formula is C17H16N4O2. The van der Waals surface area contributed by atoms with Crippen LogP contribution in [-0.2, 0) is 16.1 Å². The molecule has 0 bridgehead atoms. The molecule has 0 radical (unpaired) electrons. The third-order valence-electron chi connectivity index (χ3n) is 3.72. The summed E-state index contributed by atoms with van der Waals surface area (Å²) in [5, 5.41) is 6.03. The Labute approximate surface area is 132 Å². The van der Waals surface area contributed by atoms with Gasteiger partial charge in [0.15, 0.2) is 0 Å². The van der Waals surface area contributed by atoms with Gasteiger partial charge in [-0.2, -0.15) is 5.10 Å². The molecule has 0 spiro atoms. The van der Waals surface area contributed by atoms with E-state index in [9.17, 15) is 9.59 Å². The Bertz CT molecular complexity index is 940. The number of amides is 2. The standard InChI is InChI=1S/C17H16N4O2/c1-2-21-14-6-4-3-5-12(14)13-9-11(7-8-15(13)21)10-19-20-17(23)16(18)22/h3-10H,2H2,1H3,(H2,18,22)(H,20,23)/b19-10+. The number of carbonyl (C=O) groups is 2. The average molecular weight is 308 g/mol. The number of para-hydroxylation sites is 1. The van der Waals surface area contributed by atoms with Crippen LogP contribution in [0.5, 0.6) is 0 Å². The van der Waals surface area contributed by atoms with E-state index in [-0.39, 0.29) is 0 Å². The van der Waals surface area contributed by atoms with Crippen molar-refractivity contribution in [2.45, 2.75) is 13.5 Å². The number of nitrogens with zero attached hydrogens (tertiary/aromatic N) is 2. The summed E-state index contributed by atoms with van der Waals surface area (Å²) in [5.41, 5.74) is 10.1. The van der Waals surface area contributed by atoms with Gasteiger partial charge in [0.05, 0.1) is 6.21 Å². The molecular weight excluding hydrogens is 292 g/mol. The van der Waals surface area contributed by atoms with Crippen molar-refractivity contribution in [1.29, 1.82) is 0 Å². The SMILES string of the molecule is CCn1c2ccccc2c2cc(/C=N/NC(=O)C(N)=O)ccc21. The van der Waals surface area contributed by atoms with Gasteiger partial charge in [0.1, 0.15) is 0 Å². The maximum absolute atomic E-state index is 11.1. The molecule has 0 saturated carbocycles. The average Bonchev–Trinajstić information content (AvgIpc) is 2.88. The van der Waals surface area contributed by atoms with Gasteiger partial charge in [0, 0.05) is 28.4 Å². The zero-order valence-corrected chi connectivity index (χ0v) is 12.6. The molecule has 2 aromatic carbocycles. The molecule has 0 fully saturated rings. The molecule has 0 saturated heterocycles. The van der Waals surface area contributed by atoms with Crippen molar-refractivity contribution in [3.63, 3.8) is 0 Å². The number of hydrogen-bond acceptors (Lipinski definition) is 3. The Balaban J connectivity index is 2.02. The fourth-order valence-corrected chi connectivity index (χ4v) is 2.71. The van der Waals surface area contributed by atoms with Gasteiger partial charge in [-0.05, 0) is 30.7 Å². The summed E-state index contributed by atoms with van der Waals surface area (Å²) < 4.78 is 2.25. The highest BCUT2D eigenvalue weighted by molar-refractivity contribution is 6.34. The molecule has 0 unspecified atom stereocenters. The molecule has 6 nitrogen and oxygen atoms in total. The summed E-state index contributed by atoms with van der Waals surface area (Å²) in [6.07, 6.45) is 1.48. The lowest BCUT2D eigenvalue weighted by Gasteiger charge is -2.02. The minimum absolute atomic E-state index is 0.821. The smallest absolute Gasteiger partial charge is 0.329 e. The van der Waals surface area contributed by atoms with Crippen LogP contribution in [-0.4, -0.2) is 22.6 Å². The van der Waals surface area contributed by atoms with Gasteiger partial charge in [0.2, 0.25) is 0 Å². The fraction of sp³-hybridized carbons (Fsp3) is 0.118. The molecule has 3 rings (SSSR count). The van der Waals surface area contributed by atoms with E-state index in [4.69, 9.17) is 5.73 Å². The number of fused-ring (bicyclic) bond motifs is 3. The van der Waals surface area contributed by atoms with E-state index >= 15 is 0 Å². The first-order valence-corrected chi connectivity index (χ1v) is 7.25. The number of hydrogen-bond donors (Lipinski definition) is 2. The summed E-state index contributed by atoms with van der Waals surface area (Å²) in [6, 6.07) is 14.1. The van der Waals surface area contributed by atoms with Crippen LogP contribution in [0.25, 0.3) is 21.8 Å². The minimum atomic E-state index is -1.07. The van der Waals surface area contributed by atoms with Gasteiger partial charge < -0.3 is 10.3 Å². The van der Waals surface area contributed by atoms with Crippen LogP contribution in [0.1, 0.15) is 12.5 Å². The van der Waals surface area contributed by atoms with Crippen LogP contribution >= 0.6 is 0 Å². The molecule has 6 heteroatoms. The first kappa shape index (κ1) is 14.8. The molecule has 3 aromatic rings. The van der Waals surface area contributed by atoms with Crippen LogP contribution in [0.3, 0.4) is 0 Å². The molecule has 0 atom stereocenters.